The molecule has 0 spiro atoms. The van der Waals surface area contributed by atoms with Gasteiger partial charge in [-0.15, -0.1) is 0 Å². The van der Waals surface area contributed by atoms with Crippen LogP contribution in [0.5, 0.6) is 0 Å². The van der Waals surface area contributed by atoms with Crippen molar-refractivity contribution in [2.75, 3.05) is 51.3 Å². The molecule has 1 aromatic rings. The van der Waals surface area contributed by atoms with Gasteiger partial charge in [0.1, 0.15) is 5.82 Å². The van der Waals surface area contributed by atoms with Crippen molar-refractivity contribution in [3.05, 3.63) is 30.1 Å². The molecule has 2 N–H and O–H groups in total. The maximum Gasteiger partial charge on any atom is 0.219 e. The molecule has 3 heterocycles. The smallest absolute Gasteiger partial charge is 0.219 e. The SMILES string of the molecule is CC(=O)N(C)[C@@H]1CO[C@@H]2CCN(CC3(O)CCN(c4ccc(F)cc4)CC3)C[C@@H]2C[C@@]1(C)O. The van der Waals surface area contributed by atoms with Crippen LogP contribution in [0, 0.1) is 11.7 Å². The number of nitrogens with zero attached hydrogens (tertiary/aromatic N) is 3. The van der Waals surface area contributed by atoms with Crippen molar-refractivity contribution in [1.29, 1.82) is 0 Å². The molecule has 1 aromatic carbocycles. The molecule has 0 aromatic heterocycles. The van der Waals surface area contributed by atoms with Gasteiger partial charge in [0.25, 0.3) is 0 Å². The Labute approximate surface area is 196 Å². The number of anilines is 1. The van der Waals surface area contributed by atoms with Crippen LogP contribution in [0.1, 0.15) is 39.5 Å². The van der Waals surface area contributed by atoms with Crippen LogP contribution in [0.4, 0.5) is 10.1 Å². The maximum atomic E-state index is 13.2. The lowest BCUT2D eigenvalue weighted by molar-refractivity contribution is -0.138. The number of rotatable bonds is 4. The molecule has 0 unspecified atom stereocenters. The molecule has 1 amide bonds. The average Bonchev–Trinajstić information content (AvgIpc) is 2.88. The van der Waals surface area contributed by atoms with Crippen LogP contribution in [0.2, 0.25) is 0 Å². The third-order valence-corrected chi connectivity index (χ3v) is 7.98. The quantitative estimate of drug-likeness (QED) is 0.710. The fourth-order valence-corrected chi connectivity index (χ4v) is 5.86. The molecule has 3 saturated heterocycles. The van der Waals surface area contributed by atoms with Crippen LogP contribution in [0.25, 0.3) is 0 Å². The largest absolute Gasteiger partial charge is 0.388 e. The lowest BCUT2D eigenvalue weighted by atomic mass is 9.81. The Morgan fingerprint density at radius 1 is 1.21 bits per heavy atom. The van der Waals surface area contributed by atoms with Gasteiger partial charge in [-0.2, -0.15) is 0 Å². The van der Waals surface area contributed by atoms with Crippen molar-refractivity contribution >= 4 is 11.6 Å². The van der Waals surface area contributed by atoms with E-state index in [9.17, 15) is 19.4 Å². The van der Waals surface area contributed by atoms with Gasteiger partial charge in [-0.25, -0.2) is 4.39 Å². The molecular weight excluding hydrogens is 425 g/mol. The van der Waals surface area contributed by atoms with Gasteiger partial charge in [-0.1, -0.05) is 0 Å². The van der Waals surface area contributed by atoms with Crippen LogP contribution in [0.15, 0.2) is 24.3 Å². The number of hydrogen-bond acceptors (Lipinski definition) is 6. The highest BCUT2D eigenvalue weighted by molar-refractivity contribution is 5.73. The summed E-state index contributed by atoms with van der Waals surface area (Å²) in [6.07, 6.45) is 2.80. The van der Waals surface area contributed by atoms with E-state index in [0.29, 0.717) is 32.4 Å². The van der Waals surface area contributed by atoms with Crippen LogP contribution >= 0.6 is 0 Å². The van der Waals surface area contributed by atoms with Crippen LogP contribution in [0.3, 0.4) is 0 Å². The number of hydrogen-bond donors (Lipinski definition) is 2. The second kappa shape index (κ2) is 9.49. The number of likely N-dealkylation sites (tertiary alicyclic amines) is 1. The summed E-state index contributed by atoms with van der Waals surface area (Å²) in [5.41, 5.74) is -0.795. The van der Waals surface area contributed by atoms with Crippen LogP contribution in [-0.2, 0) is 9.53 Å². The number of likely N-dealkylation sites (N-methyl/N-ethyl adjacent to an activating group) is 1. The Balaban J connectivity index is 1.34. The van der Waals surface area contributed by atoms with E-state index < -0.39 is 11.2 Å². The highest BCUT2D eigenvalue weighted by Crippen LogP contribution is 2.36. The molecule has 184 valence electrons. The number of carbonyl (C=O) groups is 1. The topological polar surface area (TPSA) is 76.5 Å². The van der Waals surface area contributed by atoms with E-state index in [-0.39, 0.29) is 29.8 Å². The molecule has 3 aliphatic rings. The molecular formula is C25H38FN3O4. The summed E-state index contributed by atoms with van der Waals surface area (Å²) in [6, 6.07) is 6.17. The molecule has 4 rings (SSSR count). The minimum atomic E-state index is -1.03. The Morgan fingerprint density at radius 3 is 2.52 bits per heavy atom. The van der Waals surface area contributed by atoms with E-state index in [1.54, 1.807) is 31.0 Å². The zero-order valence-corrected chi connectivity index (χ0v) is 20.0. The summed E-state index contributed by atoms with van der Waals surface area (Å²) in [6.45, 7) is 7.35. The Morgan fingerprint density at radius 2 is 1.88 bits per heavy atom. The molecule has 0 radical (unpaired) electrons. The maximum absolute atomic E-state index is 13.2. The third-order valence-electron chi connectivity index (χ3n) is 7.98. The third kappa shape index (κ3) is 5.50. The van der Waals surface area contributed by atoms with Gasteiger partial charge in [-0.05, 0) is 56.9 Å². The summed E-state index contributed by atoms with van der Waals surface area (Å²) < 4.78 is 19.4. The van der Waals surface area contributed by atoms with E-state index in [0.717, 1.165) is 38.3 Å². The van der Waals surface area contributed by atoms with Gasteiger partial charge in [0.15, 0.2) is 0 Å². The Bertz CT molecular complexity index is 825. The van der Waals surface area contributed by atoms with Gasteiger partial charge in [-0.3, -0.25) is 4.79 Å². The van der Waals surface area contributed by atoms with E-state index in [1.807, 2.05) is 0 Å². The first-order chi connectivity index (χ1) is 15.6. The second-order valence-corrected chi connectivity index (χ2v) is 10.6. The molecule has 0 bridgehead atoms. The minimum Gasteiger partial charge on any atom is -0.388 e. The molecule has 4 atom stereocenters. The molecule has 33 heavy (non-hydrogen) atoms. The monoisotopic (exact) mass is 463 g/mol. The predicted octanol–water partition coefficient (Wildman–Crippen LogP) is 1.87. The number of halogens is 1. The first-order valence-electron chi connectivity index (χ1n) is 12.1. The highest BCUT2D eigenvalue weighted by Gasteiger charge is 2.46. The van der Waals surface area contributed by atoms with Gasteiger partial charge in [0, 0.05) is 58.3 Å². The van der Waals surface area contributed by atoms with Crippen molar-refractivity contribution in [3.8, 4) is 0 Å². The van der Waals surface area contributed by atoms with Crippen molar-refractivity contribution in [2.45, 2.75) is 62.9 Å². The van der Waals surface area contributed by atoms with E-state index in [2.05, 4.69) is 9.80 Å². The van der Waals surface area contributed by atoms with Crippen LogP contribution < -0.4 is 4.90 Å². The van der Waals surface area contributed by atoms with E-state index in [1.165, 1.54) is 19.1 Å². The fourth-order valence-electron chi connectivity index (χ4n) is 5.86. The van der Waals surface area contributed by atoms with Crippen LogP contribution in [-0.4, -0.2) is 95.6 Å². The minimum absolute atomic E-state index is 0.0630. The number of amides is 1. The van der Waals surface area contributed by atoms with Crippen molar-refractivity contribution in [3.63, 3.8) is 0 Å². The first kappa shape index (κ1) is 24.4. The predicted molar refractivity (Wildman–Crippen MR) is 125 cm³/mol. The number of piperidine rings is 2. The van der Waals surface area contributed by atoms with Crippen molar-refractivity contribution < 1.29 is 24.1 Å². The Kier molecular flexibility index (Phi) is 7.01. The van der Waals surface area contributed by atoms with E-state index in [4.69, 9.17) is 4.74 Å². The lowest BCUT2D eigenvalue weighted by Crippen LogP contribution is -2.55. The summed E-state index contributed by atoms with van der Waals surface area (Å²) in [7, 11) is 1.72. The number of carbonyl (C=O) groups excluding carboxylic acids is 1. The fraction of sp³-hybridized carbons (Fsp3) is 0.720. The molecule has 7 nitrogen and oxygen atoms in total. The summed E-state index contributed by atoms with van der Waals surface area (Å²) >= 11 is 0. The molecule has 3 fully saturated rings. The van der Waals surface area contributed by atoms with Gasteiger partial charge < -0.3 is 29.6 Å². The summed E-state index contributed by atoms with van der Waals surface area (Å²) in [5, 5.41) is 22.5. The summed E-state index contributed by atoms with van der Waals surface area (Å²) in [4.78, 5) is 18.0. The van der Waals surface area contributed by atoms with Gasteiger partial charge in [0.05, 0.1) is 30.0 Å². The number of aliphatic hydroxyl groups is 2. The highest BCUT2D eigenvalue weighted by atomic mass is 19.1. The summed E-state index contributed by atoms with van der Waals surface area (Å²) in [5.74, 6) is -0.164. The average molecular weight is 464 g/mol. The molecule has 3 aliphatic heterocycles. The van der Waals surface area contributed by atoms with Crippen molar-refractivity contribution in [2.24, 2.45) is 5.92 Å². The number of β-amino-alcohol motifs (C(OH)–C–C–N with tert-alkyl or cyclic N) is 1. The lowest BCUT2D eigenvalue weighted by Gasteiger charge is -2.45. The first-order valence-corrected chi connectivity index (χ1v) is 12.1. The standard InChI is InChI=1S/C25H38FN3O4/c1-18(30)27(3)23-16-33-22-8-11-28(15-19(22)14-24(23,2)31)17-25(32)9-12-29(13-10-25)21-6-4-20(26)5-7-21/h4-7,19,22-23,31-32H,8-17H2,1-3H3/t19-,22+,23+,24+/m0/s1. The Hall–Kier alpha value is -1.74. The second-order valence-electron chi connectivity index (χ2n) is 10.6. The molecule has 8 heteroatoms. The molecule has 0 saturated carbocycles. The van der Waals surface area contributed by atoms with Crippen molar-refractivity contribution in [1.82, 2.24) is 9.80 Å². The normalized spacial score (nSPS) is 32.7. The van der Waals surface area contributed by atoms with Gasteiger partial charge >= 0.3 is 0 Å². The zero-order valence-electron chi connectivity index (χ0n) is 20.0. The number of benzene rings is 1. The number of fused-ring (bicyclic) bond motifs is 1. The zero-order chi connectivity index (χ0) is 23.8. The van der Waals surface area contributed by atoms with E-state index >= 15 is 0 Å². The number of ether oxygens (including phenoxy) is 1. The molecule has 0 aliphatic carbocycles. The van der Waals surface area contributed by atoms with Gasteiger partial charge in [0.2, 0.25) is 5.91 Å².